The van der Waals surface area contributed by atoms with E-state index in [9.17, 15) is 4.79 Å². The molecule has 0 unspecified atom stereocenters. The second-order valence-electron chi connectivity index (χ2n) is 9.04. The fraction of sp³-hybridized carbons (Fsp3) is 0.522. The second kappa shape index (κ2) is 8.60. The standard InChI is InChI=1S/C23H31N5O2/c1-23(2,3)30-22(29)28-10-9-20-19(17-28)15-24-21(25-20)27-13-11-26(12-14-27)16-18-7-5-4-6-8-18/h4-8,15H,9-14,16-17H2,1-3H3. The first kappa shape index (κ1) is 20.6. The quantitative estimate of drug-likeness (QED) is 0.776. The van der Waals surface area contributed by atoms with Crippen LogP contribution < -0.4 is 4.90 Å². The van der Waals surface area contributed by atoms with E-state index in [0.717, 1.165) is 56.4 Å². The average molecular weight is 410 g/mol. The number of amides is 1. The Bertz CT molecular complexity index is 873. The maximum Gasteiger partial charge on any atom is 0.410 e. The molecule has 30 heavy (non-hydrogen) atoms. The van der Waals surface area contributed by atoms with E-state index in [1.54, 1.807) is 4.90 Å². The van der Waals surface area contributed by atoms with E-state index in [1.165, 1.54) is 5.56 Å². The fourth-order valence-corrected chi connectivity index (χ4v) is 3.89. The Hall–Kier alpha value is -2.67. The molecule has 1 amide bonds. The first-order chi connectivity index (χ1) is 14.4. The van der Waals surface area contributed by atoms with Gasteiger partial charge in [0, 0.05) is 57.4 Å². The van der Waals surface area contributed by atoms with Gasteiger partial charge in [0.2, 0.25) is 5.95 Å². The summed E-state index contributed by atoms with van der Waals surface area (Å²) in [5.41, 5.74) is 2.93. The molecule has 4 rings (SSSR count). The van der Waals surface area contributed by atoms with Crippen LogP contribution in [0.3, 0.4) is 0 Å². The van der Waals surface area contributed by atoms with Gasteiger partial charge in [-0.3, -0.25) is 4.90 Å². The fourth-order valence-electron chi connectivity index (χ4n) is 3.89. The normalized spacial score (nSPS) is 17.6. The van der Waals surface area contributed by atoms with Gasteiger partial charge in [-0.25, -0.2) is 14.8 Å². The first-order valence-corrected chi connectivity index (χ1v) is 10.7. The Balaban J connectivity index is 1.34. The van der Waals surface area contributed by atoms with Crippen LogP contribution in [0.5, 0.6) is 0 Å². The number of anilines is 1. The Labute approximate surface area is 178 Å². The van der Waals surface area contributed by atoms with Crippen molar-refractivity contribution in [3.05, 3.63) is 53.3 Å². The third-order valence-electron chi connectivity index (χ3n) is 5.48. The number of hydrogen-bond acceptors (Lipinski definition) is 6. The molecule has 2 aliphatic heterocycles. The van der Waals surface area contributed by atoms with E-state index in [0.29, 0.717) is 13.1 Å². The van der Waals surface area contributed by atoms with Crippen LogP contribution in [0.15, 0.2) is 36.5 Å². The zero-order chi connectivity index (χ0) is 21.1. The lowest BCUT2D eigenvalue weighted by Gasteiger charge is -2.35. The predicted molar refractivity (Wildman–Crippen MR) is 116 cm³/mol. The predicted octanol–water partition coefficient (Wildman–Crippen LogP) is 3.09. The Morgan fingerprint density at radius 2 is 1.80 bits per heavy atom. The molecule has 1 aromatic carbocycles. The van der Waals surface area contributed by atoms with Gasteiger partial charge in [-0.2, -0.15) is 0 Å². The maximum atomic E-state index is 12.3. The van der Waals surface area contributed by atoms with E-state index in [-0.39, 0.29) is 6.09 Å². The highest BCUT2D eigenvalue weighted by atomic mass is 16.6. The Morgan fingerprint density at radius 1 is 1.07 bits per heavy atom. The summed E-state index contributed by atoms with van der Waals surface area (Å²) in [5.74, 6) is 0.804. The lowest BCUT2D eigenvalue weighted by molar-refractivity contribution is 0.0222. The monoisotopic (exact) mass is 409 g/mol. The summed E-state index contributed by atoms with van der Waals surface area (Å²) in [6.07, 6.45) is 2.34. The number of hydrogen-bond donors (Lipinski definition) is 0. The van der Waals surface area contributed by atoms with E-state index in [4.69, 9.17) is 9.72 Å². The van der Waals surface area contributed by atoms with Crippen LogP contribution in [-0.4, -0.2) is 64.2 Å². The van der Waals surface area contributed by atoms with Crippen LogP contribution in [0.2, 0.25) is 0 Å². The number of ether oxygens (including phenoxy) is 1. The van der Waals surface area contributed by atoms with Crippen molar-refractivity contribution in [1.29, 1.82) is 0 Å². The van der Waals surface area contributed by atoms with E-state index < -0.39 is 5.60 Å². The molecule has 0 aliphatic carbocycles. The number of carbonyl (C=O) groups excluding carboxylic acids is 1. The highest BCUT2D eigenvalue weighted by Gasteiger charge is 2.27. The lowest BCUT2D eigenvalue weighted by Crippen LogP contribution is -2.46. The van der Waals surface area contributed by atoms with Crippen molar-refractivity contribution in [3.8, 4) is 0 Å². The Morgan fingerprint density at radius 3 is 2.50 bits per heavy atom. The number of piperazine rings is 1. The molecule has 0 radical (unpaired) electrons. The summed E-state index contributed by atoms with van der Waals surface area (Å²) in [4.78, 5) is 28.3. The van der Waals surface area contributed by atoms with Gasteiger partial charge in [0.15, 0.2) is 0 Å². The minimum absolute atomic E-state index is 0.272. The van der Waals surface area contributed by atoms with Gasteiger partial charge >= 0.3 is 6.09 Å². The number of nitrogens with zero attached hydrogens (tertiary/aromatic N) is 5. The summed E-state index contributed by atoms with van der Waals surface area (Å²) < 4.78 is 5.50. The van der Waals surface area contributed by atoms with Crippen molar-refractivity contribution < 1.29 is 9.53 Å². The molecule has 7 nitrogen and oxygen atoms in total. The van der Waals surface area contributed by atoms with Crippen LogP contribution in [-0.2, 0) is 24.2 Å². The van der Waals surface area contributed by atoms with E-state index in [2.05, 4.69) is 45.1 Å². The summed E-state index contributed by atoms with van der Waals surface area (Å²) in [6, 6.07) is 10.6. The third-order valence-corrected chi connectivity index (χ3v) is 5.48. The summed E-state index contributed by atoms with van der Waals surface area (Å²) in [5, 5.41) is 0. The lowest BCUT2D eigenvalue weighted by atomic mass is 10.1. The highest BCUT2D eigenvalue weighted by molar-refractivity contribution is 5.68. The van der Waals surface area contributed by atoms with Gasteiger partial charge < -0.3 is 14.5 Å². The highest BCUT2D eigenvalue weighted by Crippen LogP contribution is 2.22. The molecule has 2 aliphatic rings. The number of benzene rings is 1. The van der Waals surface area contributed by atoms with Crippen molar-refractivity contribution in [1.82, 2.24) is 19.8 Å². The van der Waals surface area contributed by atoms with Crippen LogP contribution in [0.1, 0.15) is 37.6 Å². The zero-order valence-corrected chi connectivity index (χ0v) is 18.2. The number of rotatable bonds is 3. The molecule has 0 atom stereocenters. The van der Waals surface area contributed by atoms with Crippen molar-refractivity contribution in [2.75, 3.05) is 37.6 Å². The molecule has 1 fully saturated rings. The third kappa shape index (κ3) is 5.08. The SMILES string of the molecule is CC(C)(C)OC(=O)N1CCc2nc(N3CCN(Cc4ccccc4)CC3)ncc2C1. The van der Waals surface area contributed by atoms with Crippen LogP contribution >= 0.6 is 0 Å². The molecule has 0 spiro atoms. The van der Waals surface area contributed by atoms with Gasteiger partial charge in [-0.1, -0.05) is 30.3 Å². The number of fused-ring (bicyclic) bond motifs is 1. The molecule has 0 N–H and O–H groups in total. The van der Waals surface area contributed by atoms with Crippen molar-refractivity contribution >= 4 is 12.0 Å². The molecule has 160 valence electrons. The van der Waals surface area contributed by atoms with Crippen LogP contribution in [0.4, 0.5) is 10.7 Å². The first-order valence-electron chi connectivity index (χ1n) is 10.7. The van der Waals surface area contributed by atoms with E-state index >= 15 is 0 Å². The number of aromatic nitrogens is 2. The summed E-state index contributed by atoms with van der Waals surface area (Å²) >= 11 is 0. The molecular formula is C23H31N5O2. The molecule has 3 heterocycles. The largest absolute Gasteiger partial charge is 0.444 e. The van der Waals surface area contributed by atoms with Gasteiger partial charge in [0.25, 0.3) is 0 Å². The molecular weight excluding hydrogens is 378 g/mol. The minimum Gasteiger partial charge on any atom is -0.444 e. The Kier molecular flexibility index (Phi) is 5.90. The van der Waals surface area contributed by atoms with Crippen LogP contribution in [0, 0.1) is 0 Å². The van der Waals surface area contributed by atoms with Crippen molar-refractivity contribution in [2.45, 2.75) is 45.9 Å². The molecule has 7 heteroatoms. The topological polar surface area (TPSA) is 61.8 Å². The van der Waals surface area contributed by atoms with Crippen LogP contribution in [0.25, 0.3) is 0 Å². The molecule has 2 aromatic rings. The molecule has 0 bridgehead atoms. The van der Waals surface area contributed by atoms with Gasteiger partial charge in [-0.15, -0.1) is 0 Å². The van der Waals surface area contributed by atoms with E-state index in [1.807, 2.05) is 27.0 Å². The van der Waals surface area contributed by atoms with Gasteiger partial charge in [0.05, 0.1) is 12.2 Å². The molecule has 1 aromatic heterocycles. The summed E-state index contributed by atoms with van der Waals surface area (Å²) in [6.45, 7) is 11.6. The van der Waals surface area contributed by atoms with Crippen molar-refractivity contribution in [2.24, 2.45) is 0 Å². The smallest absolute Gasteiger partial charge is 0.410 e. The van der Waals surface area contributed by atoms with Gasteiger partial charge in [-0.05, 0) is 26.3 Å². The molecule has 0 saturated carbocycles. The summed E-state index contributed by atoms with van der Waals surface area (Å²) in [7, 11) is 0. The maximum absolute atomic E-state index is 12.3. The van der Waals surface area contributed by atoms with Crippen molar-refractivity contribution in [3.63, 3.8) is 0 Å². The number of carbonyl (C=O) groups is 1. The average Bonchev–Trinajstić information content (AvgIpc) is 2.73. The minimum atomic E-state index is -0.486. The zero-order valence-electron chi connectivity index (χ0n) is 18.2. The van der Waals surface area contributed by atoms with Gasteiger partial charge in [0.1, 0.15) is 5.60 Å². The second-order valence-corrected chi connectivity index (χ2v) is 9.04. The molecule has 1 saturated heterocycles.